The first kappa shape index (κ1) is 27.9. The van der Waals surface area contributed by atoms with Crippen molar-refractivity contribution in [3.63, 3.8) is 0 Å². The normalized spacial score (nSPS) is 14.9. The van der Waals surface area contributed by atoms with Gasteiger partial charge in [0.15, 0.2) is 0 Å². The number of carbonyl (C=O) groups is 2. The number of thioether (sulfide) groups is 1. The molecule has 2 amide bonds. The van der Waals surface area contributed by atoms with Crippen LogP contribution >= 0.6 is 23.4 Å². The second-order valence-corrected chi connectivity index (χ2v) is 11.6. The number of hydrogen-bond donors (Lipinski definition) is 1. The zero-order chi connectivity index (χ0) is 29.2. The average Bonchev–Trinajstić information content (AvgIpc) is 3.63. The van der Waals surface area contributed by atoms with Crippen molar-refractivity contribution in [3.8, 4) is 16.9 Å². The smallest absolute Gasteiger partial charge is 0.240 e. The highest BCUT2D eigenvalue weighted by atomic mass is 35.5. The van der Waals surface area contributed by atoms with Gasteiger partial charge in [0.25, 0.3) is 0 Å². The molecule has 1 aliphatic rings. The third-order valence-electron chi connectivity index (χ3n) is 7.47. The van der Waals surface area contributed by atoms with Gasteiger partial charge in [-0.25, -0.2) is 4.68 Å². The Morgan fingerprint density at radius 3 is 2.57 bits per heavy atom. The summed E-state index contributed by atoms with van der Waals surface area (Å²) in [6.07, 6.45) is 1.56. The highest BCUT2D eigenvalue weighted by molar-refractivity contribution is 8.00. The van der Waals surface area contributed by atoms with Gasteiger partial charge >= 0.3 is 0 Å². The number of amides is 2. The van der Waals surface area contributed by atoms with E-state index < -0.39 is 0 Å². The maximum Gasteiger partial charge on any atom is 0.240 e. The molecule has 0 fully saturated rings. The number of fused-ring (bicyclic) bond motifs is 1. The molecule has 0 saturated heterocycles. The first-order chi connectivity index (χ1) is 20.4. The number of hydrogen-bond acceptors (Lipinski definition) is 5. The van der Waals surface area contributed by atoms with Crippen LogP contribution in [0.25, 0.3) is 16.9 Å². The number of aromatic nitrogens is 2. The third kappa shape index (κ3) is 5.35. The zero-order valence-corrected chi connectivity index (χ0v) is 24.8. The van der Waals surface area contributed by atoms with E-state index in [1.165, 1.54) is 11.8 Å². The minimum Gasteiger partial charge on any atom is -0.467 e. The van der Waals surface area contributed by atoms with E-state index in [0.717, 1.165) is 39.2 Å². The van der Waals surface area contributed by atoms with Crippen molar-refractivity contribution in [2.24, 2.45) is 0 Å². The fourth-order valence-electron chi connectivity index (χ4n) is 5.19. The number of rotatable bonds is 7. The van der Waals surface area contributed by atoms with Crippen LogP contribution in [-0.2, 0) is 16.1 Å². The Hall–Kier alpha value is -4.27. The molecule has 9 heteroatoms. The van der Waals surface area contributed by atoms with Crippen molar-refractivity contribution in [2.45, 2.75) is 25.6 Å². The SMILES string of the molecule is Cc1cccc(-n2nc(-c3ccccc3)c3c2N(CC(=O)NCc2ccco2)C(=O)CSC3c2ccccc2Cl)c1C. The molecule has 0 radical (unpaired) electrons. The Morgan fingerprint density at radius 2 is 1.81 bits per heavy atom. The fraction of sp³-hybridized carbons (Fsp3) is 0.182. The van der Waals surface area contributed by atoms with Crippen LogP contribution in [0.2, 0.25) is 5.02 Å². The molecular formula is C33H29ClN4O3S. The van der Waals surface area contributed by atoms with Crippen molar-refractivity contribution < 1.29 is 14.0 Å². The Labute approximate surface area is 253 Å². The van der Waals surface area contributed by atoms with Gasteiger partial charge < -0.3 is 9.73 Å². The molecule has 0 spiro atoms. The Kier molecular flexibility index (Phi) is 7.91. The molecule has 1 aliphatic heterocycles. The fourth-order valence-corrected chi connectivity index (χ4v) is 6.74. The summed E-state index contributed by atoms with van der Waals surface area (Å²) in [5, 5.41) is 8.37. The summed E-state index contributed by atoms with van der Waals surface area (Å²) in [5.74, 6) is 0.872. The monoisotopic (exact) mass is 596 g/mol. The highest BCUT2D eigenvalue weighted by Gasteiger charge is 2.38. The van der Waals surface area contributed by atoms with Crippen molar-refractivity contribution in [1.82, 2.24) is 15.1 Å². The molecule has 0 saturated carbocycles. The summed E-state index contributed by atoms with van der Waals surface area (Å²) in [6, 6.07) is 27.2. The first-order valence-corrected chi connectivity index (χ1v) is 15.1. The van der Waals surface area contributed by atoms with Gasteiger partial charge in [-0.05, 0) is 54.8 Å². The number of nitrogens with one attached hydrogen (secondary N) is 1. The quantitative estimate of drug-likeness (QED) is 0.221. The molecule has 3 heterocycles. The van der Waals surface area contributed by atoms with Crippen LogP contribution in [0.3, 0.4) is 0 Å². The van der Waals surface area contributed by atoms with Gasteiger partial charge in [0.1, 0.15) is 18.1 Å². The summed E-state index contributed by atoms with van der Waals surface area (Å²) < 4.78 is 7.20. The van der Waals surface area contributed by atoms with Gasteiger partial charge in [-0.2, -0.15) is 5.10 Å². The second-order valence-electron chi connectivity index (χ2n) is 10.1. The van der Waals surface area contributed by atoms with Crippen LogP contribution in [0, 0.1) is 13.8 Å². The molecule has 0 bridgehead atoms. The number of aryl methyl sites for hydroxylation is 1. The lowest BCUT2D eigenvalue weighted by molar-refractivity contribution is -0.123. The molecule has 7 nitrogen and oxygen atoms in total. The summed E-state index contributed by atoms with van der Waals surface area (Å²) >= 11 is 8.27. The predicted octanol–water partition coefficient (Wildman–Crippen LogP) is 6.89. The van der Waals surface area contributed by atoms with Crippen LogP contribution < -0.4 is 10.2 Å². The summed E-state index contributed by atoms with van der Waals surface area (Å²) in [4.78, 5) is 28.8. The number of anilines is 1. The third-order valence-corrected chi connectivity index (χ3v) is 9.05. The molecule has 42 heavy (non-hydrogen) atoms. The van der Waals surface area contributed by atoms with Gasteiger partial charge in [0, 0.05) is 16.1 Å². The van der Waals surface area contributed by atoms with Gasteiger partial charge in [-0.15, -0.1) is 11.8 Å². The van der Waals surface area contributed by atoms with Crippen LogP contribution in [-0.4, -0.2) is 33.9 Å². The van der Waals surface area contributed by atoms with E-state index in [1.54, 1.807) is 23.3 Å². The number of furan rings is 1. The molecule has 5 aromatic rings. The Morgan fingerprint density at radius 1 is 1.02 bits per heavy atom. The molecule has 2 aromatic heterocycles. The maximum absolute atomic E-state index is 13.9. The molecule has 212 valence electrons. The van der Waals surface area contributed by atoms with Gasteiger partial charge in [0.2, 0.25) is 11.8 Å². The zero-order valence-electron chi connectivity index (χ0n) is 23.2. The lowest BCUT2D eigenvalue weighted by atomic mass is 9.99. The summed E-state index contributed by atoms with van der Waals surface area (Å²) in [5.41, 5.74) is 6.34. The van der Waals surface area contributed by atoms with E-state index in [0.29, 0.717) is 16.6 Å². The van der Waals surface area contributed by atoms with Crippen molar-refractivity contribution >= 4 is 41.0 Å². The van der Waals surface area contributed by atoms with E-state index in [9.17, 15) is 9.59 Å². The largest absolute Gasteiger partial charge is 0.467 e. The van der Waals surface area contributed by atoms with E-state index in [4.69, 9.17) is 21.1 Å². The molecular weight excluding hydrogens is 568 g/mol. The lowest BCUT2D eigenvalue weighted by Gasteiger charge is -2.24. The van der Waals surface area contributed by atoms with E-state index in [2.05, 4.69) is 5.32 Å². The molecule has 1 unspecified atom stereocenters. The summed E-state index contributed by atoms with van der Waals surface area (Å²) in [6.45, 7) is 4.14. The minimum atomic E-state index is -0.304. The number of carbonyl (C=O) groups excluding carboxylic acids is 2. The van der Waals surface area contributed by atoms with Crippen molar-refractivity contribution in [1.29, 1.82) is 0 Å². The number of halogens is 1. The van der Waals surface area contributed by atoms with Crippen LogP contribution in [0.1, 0.15) is 33.3 Å². The minimum absolute atomic E-state index is 0.164. The molecule has 1 N–H and O–H groups in total. The van der Waals surface area contributed by atoms with Gasteiger partial charge in [-0.3, -0.25) is 14.5 Å². The molecule has 6 rings (SSSR count). The van der Waals surface area contributed by atoms with Crippen molar-refractivity contribution in [3.05, 3.63) is 124 Å². The Balaban J connectivity index is 1.57. The maximum atomic E-state index is 13.9. The first-order valence-electron chi connectivity index (χ1n) is 13.6. The topological polar surface area (TPSA) is 80.4 Å². The second kappa shape index (κ2) is 11.9. The van der Waals surface area contributed by atoms with E-state index >= 15 is 0 Å². The standard InChI is InChI=1S/C33H29ClN4O3S/c1-21-10-8-16-27(22(21)2)38-33-30(31(36-38)23-11-4-3-5-12-23)32(25-14-6-7-15-26(25)34)42-20-29(40)37(33)19-28(39)35-18-24-13-9-17-41-24/h3-17,32H,18-20H2,1-2H3,(H,35,39). The predicted molar refractivity (Wildman–Crippen MR) is 167 cm³/mol. The number of nitrogens with zero attached hydrogens (tertiary/aromatic N) is 3. The van der Waals surface area contributed by atoms with Crippen LogP contribution in [0.15, 0.2) is 95.6 Å². The summed E-state index contributed by atoms with van der Waals surface area (Å²) in [7, 11) is 0. The number of benzene rings is 3. The molecule has 1 atom stereocenters. The van der Waals surface area contributed by atoms with Gasteiger partial charge in [0.05, 0.1) is 35.2 Å². The van der Waals surface area contributed by atoms with E-state index in [1.807, 2.05) is 91.3 Å². The molecule has 3 aromatic carbocycles. The van der Waals surface area contributed by atoms with Crippen LogP contribution in [0.4, 0.5) is 5.82 Å². The highest BCUT2D eigenvalue weighted by Crippen LogP contribution is 2.50. The average molecular weight is 597 g/mol. The van der Waals surface area contributed by atoms with Crippen molar-refractivity contribution in [2.75, 3.05) is 17.2 Å². The Bertz CT molecular complexity index is 1750. The van der Waals surface area contributed by atoms with Crippen LogP contribution in [0.5, 0.6) is 0 Å². The van der Waals surface area contributed by atoms with E-state index in [-0.39, 0.29) is 35.9 Å². The van der Waals surface area contributed by atoms with Gasteiger partial charge in [-0.1, -0.05) is 72.3 Å². The lowest BCUT2D eigenvalue weighted by Crippen LogP contribution is -2.42. The molecule has 0 aliphatic carbocycles.